The maximum Gasteiger partial charge on any atom is 0.337 e. The Hall–Kier alpha value is -3.76. The Kier molecular flexibility index (Phi) is 12.3. The van der Waals surface area contributed by atoms with Gasteiger partial charge in [0.2, 0.25) is 0 Å². The molecule has 0 aliphatic carbocycles. The normalized spacial score (nSPS) is 13.0. The van der Waals surface area contributed by atoms with Crippen LogP contribution >= 0.6 is 0 Å². The third kappa shape index (κ3) is 8.94. The maximum atomic E-state index is 14.3. The number of amides is 2. The molecular formula is C36H50N4O5Si. The van der Waals surface area contributed by atoms with E-state index in [9.17, 15) is 14.4 Å². The first kappa shape index (κ1) is 35.1. The second-order valence-corrected chi connectivity index (χ2v) is 18.9. The molecule has 1 aliphatic rings. The number of rotatable bonds is 15. The second-order valence-electron chi connectivity index (χ2n) is 13.3. The minimum Gasteiger partial charge on any atom is -0.465 e. The van der Waals surface area contributed by atoms with Gasteiger partial charge in [0.15, 0.2) is 0 Å². The fourth-order valence-corrected chi connectivity index (χ4v) is 6.31. The van der Waals surface area contributed by atoms with Crippen molar-refractivity contribution < 1.29 is 23.9 Å². The Morgan fingerprint density at radius 3 is 2.33 bits per heavy atom. The SMILES string of the molecule is CCCCN(CCCC)C(=O)c1cn(COCC[Si](C)(C)C)c(-c2ccc(C(=O)OC)cc2C(=O)N2CCc3ccccc3C2)n1. The highest BCUT2D eigenvalue weighted by Crippen LogP contribution is 2.29. The van der Waals surface area contributed by atoms with Crippen LogP contribution in [-0.4, -0.2) is 78.6 Å². The predicted molar refractivity (Wildman–Crippen MR) is 184 cm³/mol. The number of ether oxygens (including phenoxy) is 2. The van der Waals surface area contributed by atoms with Crippen LogP contribution in [0.3, 0.4) is 0 Å². The molecule has 0 bridgehead atoms. The number of benzene rings is 2. The van der Waals surface area contributed by atoms with Crippen molar-refractivity contribution in [3.8, 4) is 11.4 Å². The predicted octanol–water partition coefficient (Wildman–Crippen LogP) is 6.89. The van der Waals surface area contributed by atoms with Crippen molar-refractivity contribution in [2.24, 2.45) is 0 Å². The van der Waals surface area contributed by atoms with Crippen molar-refractivity contribution in [3.63, 3.8) is 0 Å². The van der Waals surface area contributed by atoms with Crippen LogP contribution in [0.25, 0.3) is 11.4 Å². The van der Waals surface area contributed by atoms with E-state index in [1.54, 1.807) is 24.4 Å². The highest BCUT2D eigenvalue weighted by molar-refractivity contribution is 6.76. The molecule has 0 N–H and O–H groups in total. The standard InChI is InChI=1S/C36H50N4O5Si/c1-7-9-18-38(19-10-8-2)35(42)32-25-40(26-45-21-22-46(4,5)6)33(37-32)30-16-15-28(36(43)44-3)23-31(30)34(41)39-20-17-27-13-11-12-14-29(27)24-39/h11-16,23,25H,7-10,17-22,24,26H2,1-6H3. The van der Waals surface area contributed by atoms with E-state index in [1.165, 1.54) is 12.7 Å². The van der Waals surface area contributed by atoms with E-state index < -0.39 is 14.0 Å². The number of fused-ring (bicyclic) bond motifs is 1. The Bertz CT molecular complexity index is 1500. The van der Waals surface area contributed by atoms with E-state index in [2.05, 4.69) is 39.6 Å². The molecular weight excluding hydrogens is 597 g/mol. The molecule has 4 rings (SSSR count). The molecule has 2 heterocycles. The molecule has 248 valence electrons. The third-order valence-corrected chi connectivity index (χ3v) is 10.1. The van der Waals surface area contributed by atoms with E-state index in [-0.39, 0.29) is 24.1 Å². The van der Waals surface area contributed by atoms with Crippen LogP contribution < -0.4 is 0 Å². The summed E-state index contributed by atoms with van der Waals surface area (Å²) in [5.41, 5.74) is 3.82. The van der Waals surface area contributed by atoms with Gasteiger partial charge >= 0.3 is 5.97 Å². The zero-order chi connectivity index (χ0) is 33.3. The summed E-state index contributed by atoms with van der Waals surface area (Å²) in [4.78, 5) is 49.3. The lowest BCUT2D eigenvalue weighted by molar-refractivity contribution is 0.0600. The van der Waals surface area contributed by atoms with Crippen LogP contribution in [0.15, 0.2) is 48.7 Å². The molecule has 0 unspecified atom stereocenters. The number of unbranched alkanes of at least 4 members (excludes halogenated alkanes) is 2. The number of hydrogen-bond donors (Lipinski definition) is 0. The molecule has 0 saturated carbocycles. The molecule has 3 aromatic rings. The number of imidazole rings is 1. The van der Waals surface area contributed by atoms with Gasteiger partial charge in [-0.1, -0.05) is 70.6 Å². The highest BCUT2D eigenvalue weighted by atomic mass is 28.3. The van der Waals surface area contributed by atoms with Crippen LogP contribution in [0.1, 0.15) is 81.9 Å². The monoisotopic (exact) mass is 646 g/mol. The second kappa shape index (κ2) is 16.2. The first-order valence-corrected chi connectivity index (χ1v) is 20.3. The first-order valence-electron chi connectivity index (χ1n) is 16.6. The fourth-order valence-electron chi connectivity index (χ4n) is 5.55. The molecule has 10 heteroatoms. The Labute approximate surface area is 274 Å². The molecule has 0 saturated heterocycles. The lowest BCUT2D eigenvalue weighted by atomic mass is 9.97. The minimum absolute atomic E-state index is 0.129. The summed E-state index contributed by atoms with van der Waals surface area (Å²) in [6.07, 6.45) is 6.29. The average molecular weight is 647 g/mol. The van der Waals surface area contributed by atoms with Gasteiger partial charge < -0.3 is 23.8 Å². The zero-order valence-electron chi connectivity index (χ0n) is 28.4. The molecule has 0 spiro atoms. The lowest BCUT2D eigenvalue weighted by Gasteiger charge is -2.29. The van der Waals surface area contributed by atoms with Crippen molar-refractivity contribution in [2.75, 3.05) is 33.4 Å². The molecule has 2 amide bonds. The number of hydrogen-bond acceptors (Lipinski definition) is 6. The largest absolute Gasteiger partial charge is 0.465 e. The zero-order valence-corrected chi connectivity index (χ0v) is 29.4. The van der Waals surface area contributed by atoms with E-state index in [0.717, 1.165) is 43.7 Å². The third-order valence-electron chi connectivity index (χ3n) is 8.40. The van der Waals surface area contributed by atoms with Gasteiger partial charge in [0.05, 0.1) is 18.2 Å². The molecule has 0 atom stereocenters. The number of aromatic nitrogens is 2. The Morgan fingerprint density at radius 1 is 0.978 bits per heavy atom. The minimum atomic E-state index is -1.32. The number of methoxy groups -OCH3 is 1. The molecule has 1 aromatic heterocycles. The van der Waals surface area contributed by atoms with Gasteiger partial charge in [-0.15, -0.1) is 0 Å². The van der Waals surface area contributed by atoms with Crippen molar-refractivity contribution in [1.82, 2.24) is 19.4 Å². The Morgan fingerprint density at radius 2 is 1.67 bits per heavy atom. The average Bonchev–Trinajstić information content (AvgIpc) is 3.48. The topological polar surface area (TPSA) is 94.0 Å². The van der Waals surface area contributed by atoms with Crippen LogP contribution in [0, 0.1) is 0 Å². The summed E-state index contributed by atoms with van der Waals surface area (Å²) in [6.45, 7) is 14.3. The molecule has 9 nitrogen and oxygen atoms in total. The summed E-state index contributed by atoms with van der Waals surface area (Å²) in [5, 5.41) is 0. The van der Waals surface area contributed by atoms with Gasteiger partial charge in [0.1, 0.15) is 18.2 Å². The summed E-state index contributed by atoms with van der Waals surface area (Å²) in [6, 6.07) is 14.1. The summed E-state index contributed by atoms with van der Waals surface area (Å²) >= 11 is 0. The number of nitrogens with zero attached hydrogens (tertiary/aromatic N) is 4. The van der Waals surface area contributed by atoms with Gasteiger partial charge in [-0.3, -0.25) is 9.59 Å². The molecule has 46 heavy (non-hydrogen) atoms. The van der Waals surface area contributed by atoms with Gasteiger partial charge in [-0.25, -0.2) is 9.78 Å². The number of esters is 1. The Balaban J connectivity index is 1.76. The van der Waals surface area contributed by atoms with Gasteiger partial charge in [-0.2, -0.15) is 0 Å². The van der Waals surface area contributed by atoms with Gasteiger partial charge in [-0.05, 0) is 54.6 Å². The molecule has 0 radical (unpaired) electrons. The summed E-state index contributed by atoms with van der Waals surface area (Å²) in [7, 11) is 0.00387. The van der Waals surface area contributed by atoms with E-state index in [1.807, 2.05) is 32.6 Å². The summed E-state index contributed by atoms with van der Waals surface area (Å²) < 4.78 is 13.0. The van der Waals surface area contributed by atoms with Crippen molar-refractivity contribution in [2.45, 2.75) is 84.9 Å². The molecule has 0 fully saturated rings. The van der Waals surface area contributed by atoms with E-state index in [0.29, 0.717) is 55.4 Å². The summed E-state index contributed by atoms with van der Waals surface area (Å²) in [5.74, 6) is -0.402. The van der Waals surface area contributed by atoms with Gasteiger partial charge in [0, 0.05) is 52.6 Å². The van der Waals surface area contributed by atoms with Crippen LogP contribution in [0.5, 0.6) is 0 Å². The van der Waals surface area contributed by atoms with Crippen molar-refractivity contribution in [3.05, 3.63) is 76.6 Å². The first-order chi connectivity index (χ1) is 22.1. The molecule has 1 aliphatic heterocycles. The lowest BCUT2D eigenvalue weighted by Crippen LogP contribution is -2.36. The maximum absolute atomic E-state index is 14.3. The smallest absolute Gasteiger partial charge is 0.337 e. The van der Waals surface area contributed by atoms with Crippen LogP contribution in [0.2, 0.25) is 25.7 Å². The van der Waals surface area contributed by atoms with Crippen molar-refractivity contribution >= 4 is 25.9 Å². The highest BCUT2D eigenvalue weighted by Gasteiger charge is 2.28. The van der Waals surface area contributed by atoms with Crippen LogP contribution in [-0.2, 0) is 29.2 Å². The number of carbonyl (C=O) groups excluding carboxylic acids is 3. The fraction of sp³-hybridized carbons (Fsp3) is 0.500. The van der Waals surface area contributed by atoms with E-state index in [4.69, 9.17) is 14.5 Å². The van der Waals surface area contributed by atoms with Gasteiger partial charge in [0.25, 0.3) is 11.8 Å². The van der Waals surface area contributed by atoms with E-state index >= 15 is 0 Å². The quantitative estimate of drug-likeness (QED) is 0.101. The van der Waals surface area contributed by atoms with Crippen LogP contribution in [0.4, 0.5) is 0 Å². The number of carbonyl (C=O) groups is 3. The van der Waals surface area contributed by atoms with Crippen molar-refractivity contribution in [1.29, 1.82) is 0 Å². The molecule has 2 aromatic carbocycles.